The maximum atomic E-state index is 12.2. The molecule has 3 N–H and O–H groups in total. The fourth-order valence-electron chi connectivity index (χ4n) is 3.67. The number of hydrogen-bond acceptors (Lipinski definition) is 7. The number of hydrogen-bond donors (Lipinski definition) is 2. The Labute approximate surface area is 191 Å². The SMILES string of the molecule is CCCCc1nc2c(N)nc3ccccc3c2n1CCOCCNS(=O)(=O)c1cccs1. The number of rotatable bonds is 11. The Hall–Kier alpha value is -2.53. The summed E-state index contributed by atoms with van der Waals surface area (Å²) in [5.74, 6) is 1.40. The zero-order valence-electron chi connectivity index (χ0n) is 18.0. The Morgan fingerprint density at radius 2 is 2.00 bits per heavy atom. The molecule has 0 saturated carbocycles. The van der Waals surface area contributed by atoms with E-state index in [9.17, 15) is 8.42 Å². The molecular weight excluding hydrogens is 446 g/mol. The van der Waals surface area contributed by atoms with Gasteiger partial charge in [0.05, 0.1) is 24.2 Å². The number of ether oxygens (including phenoxy) is 1. The molecule has 0 aliphatic heterocycles. The highest BCUT2D eigenvalue weighted by Crippen LogP contribution is 2.29. The van der Waals surface area contributed by atoms with Crippen molar-refractivity contribution >= 4 is 49.1 Å². The molecule has 8 nitrogen and oxygen atoms in total. The third-order valence-electron chi connectivity index (χ3n) is 5.20. The average Bonchev–Trinajstić information content (AvgIpc) is 3.44. The van der Waals surface area contributed by atoms with Gasteiger partial charge in [0.15, 0.2) is 5.82 Å². The molecule has 170 valence electrons. The number of nitrogens with two attached hydrogens (primary N) is 1. The van der Waals surface area contributed by atoms with E-state index in [2.05, 4.69) is 21.2 Å². The van der Waals surface area contributed by atoms with E-state index in [1.807, 2.05) is 24.3 Å². The van der Waals surface area contributed by atoms with Crippen LogP contribution in [0.3, 0.4) is 0 Å². The van der Waals surface area contributed by atoms with Gasteiger partial charge >= 0.3 is 0 Å². The maximum Gasteiger partial charge on any atom is 0.250 e. The maximum absolute atomic E-state index is 12.2. The number of nitrogens with one attached hydrogen (secondary N) is 1. The molecule has 0 radical (unpaired) electrons. The first-order chi connectivity index (χ1) is 15.5. The van der Waals surface area contributed by atoms with E-state index in [-0.39, 0.29) is 13.2 Å². The summed E-state index contributed by atoms with van der Waals surface area (Å²) in [5.41, 5.74) is 8.76. The average molecular weight is 474 g/mol. The highest BCUT2D eigenvalue weighted by atomic mass is 32.2. The van der Waals surface area contributed by atoms with Crippen LogP contribution in [0.2, 0.25) is 0 Å². The largest absolute Gasteiger partial charge is 0.382 e. The van der Waals surface area contributed by atoms with Crippen molar-refractivity contribution in [2.45, 2.75) is 36.9 Å². The predicted octanol–water partition coefficient (Wildman–Crippen LogP) is 3.57. The van der Waals surface area contributed by atoms with Gasteiger partial charge in [0.1, 0.15) is 15.6 Å². The highest BCUT2D eigenvalue weighted by Gasteiger charge is 2.17. The van der Waals surface area contributed by atoms with Crippen LogP contribution in [0.4, 0.5) is 5.82 Å². The first-order valence-corrected chi connectivity index (χ1v) is 13.0. The van der Waals surface area contributed by atoms with Crippen molar-refractivity contribution in [2.24, 2.45) is 0 Å². The molecule has 0 aliphatic carbocycles. The van der Waals surface area contributed by atoms with Crippen LogP contribution in [0.1, 0.15) is 25.6 Å². The van der Waals surface area contributed by atoms with Crippen molar-refractivity contribution in [1.29, 1.82) is 0 Å². The fourth-order valence-corrected chi connectivity index (χ4v) is 5.72. The summed E-state index contributed by atoms with van der Waals surface area (Å²) in [6.45, 7) is 3.68. The first-order valence-electron chi connectivity index (χ1n) is 10.7. The second-order valence-electron chi connectivity index (χ2n) is 7.44. The van der Waals surface area contributed by atoms with Crippen molar-refractivity contribution in [3.63, 3.8) is 0 Å². The Morgan fingerprint density at radius 1 is 1.16 bits per heavy atom. The highest BCUT2D eigenvalue weighted by molar-refractivity contribution is 7.91. The molecule has 0 bridgehead atoms. The molecule has 1 aromatic carbocycles. The molecule has 4 rings (SSSR count). The number of nitrogens with zero attached hydrogens (tertiary/aromatic N) is 3. The molecular formula is C22H27N5O3S2. The van der Waals surface area contributed by atoms with Gasteiger partial charge in [-0.3, -0.25) is 0 Å². The van der Waals surface area contributed by atoms with Gasteiger partial charge in [-0.2, -0.15) is 0 Å². The topological polar surface area (TPSA) is 112 Å². The van der Waals surface area contributed by atoms with Crippen LogP contribution in [-0.2, 0) is 27.7 Å². The second-order valence-corrected chi connectivity index (χ2v) is 10.4. The lowest BCUT2D eigenvalue weighted by molar-refractivity contribution is 0.131. The van der Waals surface area contributed by atoms with Crippen LogP contribution in [-0.4, -0.2) is 42.7 Å². The molecule has 0 saturated heterocycles. The third-order valence-corrected chi connectivity index (χ3v) is 8.06. The van der Waals surface area contributed by atoms with E-state index >= 15 is 0 Å². The van der Waals surface area contributed by atoms with Crippen LogP contribution in [0.5, 0.6) is 0 Å². The minimum absolute atomic E-state index is 0.216. The summed E-state index contributed by atoms with van der Waals surface area (Å²) < 4.78 is 35.1. The van der Waals surface area contributed by atoms with Gasteiger partial charge in [-0.15, -0.1) is 11.3 Å². The zero-order chi connectivity index (χ0) is 22.6. The smallest absolute Gasteiger partial charge is 0.250 e. The molecule has 0 atom stereocenters. The number of imidazole rings is 1. The first kappa shape index (κ1) is 22.7. The number of para-hydroxylation sites is 1. The van der Waals surface area contributed by atoms with Crippen molar-refractivity contribution in [2.75, 3.05) is 25.5 Å². The van der Waals surface area contributed by atoms with Crippen molar-refractivity contribution < 1.29 is 13.2 Å². The summed E-state index contributed by atoms with van der Waals surface area (Å²) in [4.78, 5) is 9.31. The number of anilines is 1. The van der Waals surface area contributed by atoms with Gasteiger partial charge in [-0.25, -0.2) is 23.1 Å². The Bertz CT molecular complexity index is 1300. The number of aryl methyl sites for hydroxylation is 1. The number of pyridine rings is 1. The number of nitrogen functional groups attached to an aromatic ring is 1. The predicted molar refractivity (Wildman–Crippen MR) is 128 cm³/mol. The van der Waals surface area contributed by atoms with Crippen molar-refractivity contribution in [3.8, 4) is 0 Å². The molecule has 3 heterocycles. The normalized spacial score (nSPS) is 12.2. The number of benzene rings is 1. The van der Waals surface area contributed by atoms with Gasteiger partial charge in [-0.05, 0) is 23.9 Å². The van der Waals surface area contributed by atoms with Gasteiger partial charge < -0.3 is 15.0 Å². The van der Waals surface area contributed by atoms with E-state index in [4.69, 9.17) is 15.5 Å². The monoisotopic (exact) mass is 473 g/mol. The van der Waals surface area contributed by atoms with Crippen LogP contribution in [0.15, 0.2) is 46.0 Å². The fraction of sp³-hybridized carbons (Fsp3) is 0.364. The third kappa shape index (κ3) is 4.78. The summed E-state index contributed by atoms with van der Waals surface area (Å²) in [6, 6.07) is 11.2. The zero-order valence-corrected chi connectivity index (χ0v) is 19.6. The molecule has 10 heteroatoms. The quantitative estimate of drug-likeness (QED) is 0.322. The number of unbranched alkanes of at least 4 members (excludes halogenated alkanes) is 1. The summed E-state index contributed by atoms with van der Waals surface area (Å²) in [6.07, 6.45) is 2.94. The lowest BCUT2D eigenvalue weighted by Crippen LogP contribution is -2.27. The van der Waals surface area contributed by atoms with Crippen LogP contribution in [0.25, 0.3) is 21.9 Å². The molecule has 0 amide bonds. The van der Waals surface area contributed by atoms with Gasteiger partial charge in [0.25, 0.3) is 0 Å². The van der Waals surface area contributed by atoms with Gasteiger partial charge in [-0.1, -0.05) is 37.6 Å². The molecule has 3 aromatic heterocycles. The molecule has 0 fully saturated rings. The minimum atomic E-state index is -3.47. The summed E-state index contributed by atoms with van der Waals surface area (Å²) in [5, 5.41) is 2.75. The number of thiophene rings is 1. The Balaban J connectivity index is 1.47. The second kappa shape index (κ2) is 9.95. The van der Waals surface area contributed by atoms with Crippen LogP contribution >= 0.6 is 11.3 Å². The van der Waals surface area contributed by atoms with Gasteiger partial charge in [0.2, 0.25) is 10.0 Å². The number of sulfonamides is 1. The van der Waals surface area contributed by atoms with Crippen LogP contribution < -0.4 is 10.5 Å². The lowest BCUT2D eigenvalue weighted by Gasteiger charge is -2.12. The van der Waals surface area contributed by atoms with Crippen molar-refractivity contribution in [1.82, 2.24) is 19.3 Å². The number of fused-ring (bicyclic) bond motifs is 3. The lowest BCUT2D eigenvalue weighted by atomic mass is 10.2. The van der Waals surface area contributed by atoms with E-state index in [1.54, 1.807) is 17.5 Å². The van der Waals surface area contributed by atoms with E-state index in [1.165, 1.54) is 11.3 Å². The minimum Gasteiger partial charge on any atom is -0.382 e. The Morgan fingerprint density at radius 3 is 2.78 bits per heavy atom. The summed E-state index contributed by atoms with van der Waals surface area (Å²) >= 11 is 1.19. The van der Waals surface area contributed by atoms with E-state index in [0.29, 0.717) is 23.2 Å². The molecule has 32 heavy (non-hydrogen) atoms. The standard InChI is InChI=1S/C22H27N5O3S2/c1-2-3-9-18-26-20-21(16-7-4-5-8-17(16)25-22(20)23)27(18)12-14-30-13-11-24-32(28,29)19-10-6-15-31-19/h4-8,10,15,24H,2-3,9,11-14H2,1H3,(H2,23,25). The Kier molecular flexibility index (Phi) is 7.04. The molecule has 0 spiro atoms. The van der Waals surface area contributed by atoms with E-state index in [0.717, 1.165) is 47.0 Å². The molecule has 0 aliphatic rings. The van der Waals surface area contributed by atoms with E-state index < -0.39 is 10.0 Å². The van der Waals surface area contributed by atoms with Gasteiger partial charge in [0, 0.05) is 24.9 Å². The number of aromatic nitrogens is 3. The molecule has 4 aromatic rings. The molecule has 0 unspecified atom stereocenters. The van der Waals surface area contributed by atoms with Crippen LogP contribution in [0, 0.1) is 0 Å². The van der Waals surface area contributed by atoms with Crippen molar-refractivity contribution in [3.05, 3.63) is 47.6 Å². The summed E-state index contributed by atoms with van der Waals surface area (Å²) in [7, 11) is -3.47.